The Morgan fingerprint density at radius 2 is 2.25 bits per heavy atom. The summed E-state index contributed by atoms with van der Waals surface area (Å²) in [5, 5.41) is 7.43. The van der Waals surface area contributed by atoms with Crippen molar-refractivity contribution in [1.82, 2.24) is 14.8 Å². The topological polar surface area (TPSA) is 68.8 Å². The minimum absolute atomic E-state index is 0.626. The third-order valence-electron chi connectivity index (χ3n) is 2.41. The van der Waals surface area contributed by atoms with Gasteiger partial charge in [-0.25, -0.2) is 4.98 Å². The van der Waals surface area contributed by atoms with Gasteiger partial charge in [-0.05, 0) is 24.6 Å². The molecule has 0 amide bonds. The molecular formula is C11H15N5. The molecule has 84 valence electrons. The molecule has 0 unspecified atom stereocenters. The van der Waals surface area contributed by atoms with E-state index >= 15 is 0 Å². The van der Waals surface area contributed by atoms with Crippen LogP contribution in [0.3, 0.4) is 0 Å². The van der Waals surface area contributed by atoms with Crippen molar-refractivity contribution in [1.29, 1.82) is 0 Å². The van der Waals surface area contributed by atoms with E-state index in [0.29, 0.717) is 18.1 Å². The SMILES string of the molecule is Cc1ccnc(NCc2ccn(C)n2)c1N. The minimum atomic E-state index is 0.626. The van der Waals surface area contributed by atoms with E-state index in [1.165, 1.54) is 0 Å². The summed E-state index contributed by atoms with van der Waals surface area (Å²) in [5.41, 5.74) is 8.58. The number of nitrogens with two attached hydrogens (primary N) is 1. The lowest BCUT2D eigenvalue weighted by atomic mass is 10.2. The summed E-state index contributed by atoms with van der Waals surface area (Å²) in [6, 6.07) is 3.85. The summed E-state index contributed by atoms with van der Waals surface area (Å²) in [4.78, 5) is 4.19. The summed E-state index contributed by atoms with van der Waals surface area (Å²) >= 11 is 0. The molecule has 0 fully saturated rings. The Labute approximate surface area is 94.3 Å². The number of hydrogen-bond donors (Lipinski definition) is 2. The van der Waals surface area contributed by atoms with Crippen LogP contribution in [-0.2, 0) is 13.6 Å². The third-order valence-corrected chi connectivity index (χ3v) is 2.41. The Morgan fingerprint density at radius 3 is 2.94 bits per heavy atom. The monoisotopic (exact) mass is 217 g/mol. The van der Waals surface area contributed by atoms with Gasteiger partial charge in [-0.1, -0.05) is 0 Å². The van der Waals surface area contributed by atoms with Crippen molar-refractivity contribution < 1.29 is 0 Å². The van der Waals surface area contributed by atoms with Crippen molar-refractivity contribution in [3.05, 3.63) is 35.8 Å². The highest BCUT2D eigenvalue weighted by molar-refractivity contribution is 5.64. The van der Waals surface area contributed by atoms with Crippen LogP contribution in [0.2, 0.25) is 0 Å². The summed E-state index contributed by atoms with van der Waals surface area (Å²) in [6.07, 6.45) is 3.65. The Balaban J connectivity index is 2.07. The van der Waals surface area contributed by atoms with Crippen LogP contribution in [-0.4, -0.2) is 14.8 Å². The van der Waals surface area contributed by atoms with E-state index < -0.39 is 0 Å². The zero-order valence-corrected chi connectivity index (χ0v) is 9.44. The van der Waals surface area contributed by atoms with E-state index in [2.05, 4.69) is 15.4 Å². The molecular weight excluding hydrogens is 202 g/mol. The molecule has 0 saturated carbocycles. The number of anilines is 2. The van der Waals surface area contributed by atoms with Gasteiger partial charge in [0, 0.05) is 19.4 Å². The maximum atomic E-state index is 5.90. The maximum absolute atomic E-state index is 5.90. The van der Waals surface area contributed by atoms with Crippen LogP contribution in [0.5, 0.6) is 0 Å². The fraction of sp³-hybridized carbons (Fsp3) is 0.273. The van der Waals surface area contributed by atoms with E-state index in [9.17, 15) is 0 Å². The largest absolute Gasteiger partial charge is 0.396 e. The number of nitrogens with zero attached hydrogens (tertiary/aromatic N) is 3. The Bertz CT molecular complexity index is 489. The van der Waals surface area contributed by atoms with Crippen molar-refractivity contribution in [2.75, 3.05) is 11.1 Å². The molecule has 0 saturated heterocycles. The molecule has 0 bridgehead atoms. The van der Waals surface area contributed by atoms with Gasteiger partial charge in [0.2, 0.25) is 0 Å². The summed E-state index contributed by atoms with van der Waals surface area (Å²) in [5.74, 6) is 0.714. The van der Waals surface area contributed by atoms with Gasteiger partial charge >= 0.3 is 0 Å². The van der Waals surface area contributed by atoms with E-state index in [-0.39, 0.29) is 0 Å². The van der Waals surface area contributed by atoms with Crippen LogP contribution in [0.15, 0.2) is 24.5 Å². The van der Waals surface area contributed by atoms with Crippen LogP contribution in [0.25, 0.3) is 0 Å². The first-order valence-electron chi connectivity index (χ1n) is 5.10. The standard InChI is InChI=1S/C11H15N5/c1-8-3-5-13-11(10(8)12)14-7-9-4-6-16(2)15-9/h3-6H,7,12H2,1-2H3,(H,13,14). The number of nitrogens with one attached hydrogen (secondary N) is 1. The van der Waals surface area contributed by atoms with Gasteiger partial charge in [-0.15, -0.1) is 0 Å². The van der Waals surface area contributed by atoms with E-state index in [0.717, 1.165) is 11.3 Å². The highest BCUT2D eigenvalue weighted by Crippen LogP contribution is 2.18. The van der Waals surface area contributed by atoms with Crippen LogP contribution in [0.1, 0.15) is 11.3 Å². The predicted octanol–water partition coefficient (Wildman–Crippen LogP) is 1.32. The predicted molar refractivity (Wildman–Crippen MR) is 63.9 cm³/mol. The molecule has 0 aliphatic heterocycles. The Hall–Kier alpha value is -2.04. The van der Waals surface area contributed by atoms with Crippen molar-refractivity contribution in [2.45, 2.75) is 13.5 Å². The lowest BCUT2D eigenvalue weighted by molar-refractivity contribution is 0.747. The normalized spacial score (nSPS) is 10.4. The van der Waals surface area contributed by atoms with Crippen LogP contribution in [0.4, 0.5) is 11.5 Å². The van der Waals surface area contributed by atoms with Gasteiger partial charge < -0.3 is 11.1 Å². The summed E-state index contributed by atoms with van der Waals surface area (Å²) in [7, 11) is 1.89. The first-order valence-corrected chi connectivity index (χ1v) is 5.10. The average Bonchev–Trinajstić information content (AvgIpc) is 2.67. The number of nitrogen functional groups attached to an aromatic ring is 1. The van der Waals surface area contributed by atoms with Gasteiger partial charge in [0.05, 0.1) is 17.9 Å². The van der Waals surface area contributed by atoms with Gasteiger partial charge in [-0.2, -0.15) is 5.10 Å². The molecule has 0 aromatic carbocycles. The molecule has 2 heterocycles. The first kappa shape index (κ1) is 10.5. The van der Waals surface area contributed by atoms with Crippen molar-refractivity contribution in [3.8, 4) is 0 Å². The molecule has 16 heavy (non-hydrogen) atoms. The second-order valence-corrected chi connectivity index (χ2v) is 3.72. The van der Waals surface area contributed by atoms with E-state index in [1.807, 2.05) is 32.3 Å². The molecule has 3 N–H and O–H groups in total. The number of aromatic nitrogens is 3. The average molecular weight is 217 g/mol. The number of pyridine rings is 1. The zero-order chi connectivity index (χ0) is 11.5. The van der Waals surface area contributed by atoms with E-state index in [1.54, 1.807) is 10.9 Å². The Morgan fingerprint density at radius 1 is 1.44 bits per heavy atom. The quantitative estimate of drug-likeness (QED) is 0.813. The summed E-state index contributed by atoms with van der Waals surface area (Å²) < 4.78 is 1.77. The van der Waals surface area contributed by atoms with Crippen molar-refractivity contribution >= 4 is 11.5 Å². The van der Waals surface area contributed by atoms with Crippen LogP contribution in [0, 0.1) is 6.92 Å². The van der Waals surface area contributed by atoms with Crippen LogP contribution >= 0.6 is 0 Å². The van der Waals surface area contributed by atoms with Gasteiger partial charge in [-0.3, -0.25) is 4.68 Å². The highest BCUT2D eigenvalue weighted by Gasteiger charge is 2.03. The third kappa shape index (κ3) is 2.13. The molecule has 5 nitrogen and oxygen atoms in total. The molecule has 0 spiro atoms. The molecule has 2 rings (SSSR count). The molecule has 0 radical (unpaired) electrons. The minimum Gasteiger partial charge on any atom is -0.396 e. The van der Waals surface area contributed by atoms with Gasteiger partial charge in [0.25, 0.3) is 0 Å². The molecule has 0 atom stereocenters. The molecule has 5 heteroatoms. The number of rotatable bonds is 3. The number of aryl methyl sites for hydroxylation is 2. The Kier molecular flexibility index (Phi) is 2.76. The molecule has 2 aromatic rings. The smallest absolute Gasteiger partial charge is 0.149 e. The lowest BCUT2D eigenvalue weighted by Gasteiger charge is -2.08. The van der Waals surface area contributed by atoms with E-state index in [4.69, 9.17) is 5.73 Å². The number of hydrogen-bond acceptors (Lipinski definition) is 4. The van der Waals surface area contributed by atoms with Crippen molar-refractivity contribution in [3.63, 3.8) is 0 Å². The second kappa shape index (κ2) is 4.22. The highest BCUT2D eigenvalue weighted by atomic mass is 15.3. The molecule has 0 aliphatic carbocycles. The zero-order valence-electron chi connectivity index (χ0n) is 9.44. The molecule has 2 aromatic heterocycles. The fourth-order valence-corrected chi connectivity index (χ4v) is 1.44. The van der Waals surface area contributed by atoms with Gasteiger partial charge in [0.1, 0.15) is 5.82 Å². The fourth-order valence-electron chi connectivity index (χ4n) is 1.44. The molecule has 0 aliphatic rings. The van der Waals surface area contributed by atoms with Crippen LogP contribution < -0.4 is 11.1 Å². The van der Waals surface area contributed by atoms with Crippen molar-refractivity contribution in [2.24, 2.45) is 7.05 Å². The maximum Gasteiger partial charge on any atom is 0.149 e. The lowest BCUT2D eigenvalue weighted by Crippen LogP contribution is -2.06. The second-order valence-electron chi connectivity index (χ2n) is 3.72. The first-order chi connectivity index (χ1) is 7.66. The van der Waals surface area contributed by atoms with Gasteiger partial charge in [0.15, 0.2) is 0 Å². The summed E-state index contributed by atoms with van der Waals surface area (Å²) in [6.45, 7) is 2.59.